The van der Waals surface area contributed by atoms with Gasteiger partial charge in [0.15, 0.2) is 11.5 Å². The second kappa shape index (κ2) is 6.55. The first kappa shape index (κ1) is 16.2. The maximum Gasteiger partial charge on any atom is 0.270 e. The predicted octanol–water partition coefficient (Wildman–Crippen LogP) is 3.18. The van der Waals surface area contributed by atoms with Crippen LogP contribution in [0, 0.1) is 10.1 Å². The monoisotopic (exact) mass is 355 g/mol. The van der Waals surface area contributed by atoms with Crippen molar-refractivity contribution in [3.63, 3.8) is 0 Å². The molecule has 0 radical (unpaired) electrons. The summed E-state index contributed by atoms with van der Waals surface area (Å²) in [7, 11) is 0. The number of carbonyl (C=O) groups excluding carboxylic acids is 1. The van der Waals surface area contributed by atoms with Crippen molar-refractivity contribution in [2.75, 3.05) is 30.1 Å². The molecule has 1 saturated heterocycles. The molecule has 4 rings (SSSR count). The molecule has 0 aliphatic carbocycles. The first-order chi connectivity index (χ1) is 12.6. The SMILES string of the molecule is O=C(Nc1ccc2c(c1)OCO2)c1cc([N+](=O)[O-])ccc1N1CCCC1. The van der Waals surface area contributed by atoms with E-state index >= 15 is 0 Å². The molecule has 2 aliphatic rings. The zero-order chi connectivity index (χ0) is 18.1. The van der Waals surface area contributed by atoms with E-state index in [1.165, 1.54) is 12.1 Å². The third kappa shape index (κ3) is 3.01. The number of ether oxygens (including phenoxy) is 2. The van der Waals surface area contributed by atoms with Crippen molar-refractivity contribution < 1.29 is 19.2 Å². The number of fused-ring (bicyclic) bond motifs is 1. The van der Waals surface area contributed by atoms with Crippen LogP contribution in [0.1, 0.15) is 23.2 Å². The van der Waals surface area contributed by atoms with Gasteiger partial charge in [-0.3, -0.25) is 14.9 Å². The Bertz CT molecular complexity index is 877. The normalized spacial score (nSPS) is 15.2. The van der Waals surface area contributed by atoms with Crippen molar-refractivity contribution in [1.29, 1.82) is 0 Å². The number of anilines is 2. The van der Waals surface area contributed by atoms with Gasteiger partial charge in [0.1, 0.15) is 0 Å². The molecule has 0 atom stereocenters. The third-order valence-electron chi connectivity index (χ3n) is 4.51. The highest BCUT2D eigenvalue weighted by atomic mass is 16.7. The number of amides is 1. The molecule has 1 fully saturated rings. The molecule has 8 heteroatoms. The molecule has 0 aromatic heterocycles. The van der Waals surface area contributed by atoms with E-state index in [-0.39, 0.29) is 12.5 Å². The predicted molar refractivity (Wildman–Crippen MR) is 95.1 cm³/mol. The fourth-order valence-electron chi connectivity index (χ4n) is 3.23. The summed E-state index contributed by atoms with van der Waals surface area (Å²) < 4.78 is 10.6. The highest BCUT2D eigenvalue weighted by Gasteiger charge is 2.23. The Morgan fingerprint density at radius 2 is 1.85 bits per heavy atom. The van der Waals surface area contributed by atoms with Gasteiger partial charge in [0.2, 0.25) is 6.79 Å². The van der Waals surface area contributed by atoms with E-state index < -0.39 is 10.8 Å². The first-order valence-corrected chi connectivity index (χ1v) is 8.36. The number of nitro benzene ring substituents is 1. The van der Waals surface area contributed by atoms with Gasteiger partial charge in [-0.15, -0.1) is 0 Å². The van der Waals surface area contributed by atoms with E-state index in [9.17, 15) is 14.9 Å². The van der Waals surface area contributed by atoms with Crippen molar-refractivity contribution in [1.82, 2.24) is 0 Å². The minimum atomic E-state index is -0.495. The lowest BCUT2D eigenvalue weighted by Crippen LogP contribution is -2.23. The van der Waals surface area contributed by atoms with Gasteiger partial charge in [0.05, 0.1) is 16.2 Å². The zero-order valence-electron chi connectivity index (χ0n) is 13.9. The molecule has 0 unspecified atom stereocenters. The zero-order valence-corrected chi connectivity index (χ0v) is 13.9. The minimum absolute atomic E-state index is 0.108. The van der Waals surface area contributed by atoms with Crippen LogP contribution in [0.15, 0.2) is 36.4 Å². The quantitative estimate of drug-likeness (QED) is 0.669. The number of nitro groups is 1. The molecule has 2 heterocycles. The maximum atomic E-state index is 12.8. The molecular weight excluding hydrogens is 338 g/mol. The molecule has 2 aromatic rings. The lowest BCUT2D eigenvalue weighted by molar-refractivity contribution is -0.384. The molecule has 0 saturated carbocycles. The molecule has 1 N–H and O–H groups in total. The Morgan fingerprint density at radius 1 is 1.08 bits per heavy atom. The van der Waals surface area contributed by atoms with Gasteiger partial charge in [-0.25, -0.2) is 0 Å². The van der Waals surface area contributed by atoms with E-state index in [2.05, 4.69) is 10.2 Å². The summed E-state index contributed by atoms with van der Waals surface area (Å²) in [6.07, 6.45) is 2.08. The molecule has 0 spiro atoms. The minimum Gasteiger partial charge on any atom is -0.454 e. The standard InChI is InChI=1S/C18H17N3O5/c22-18(19-12-3-6-16-17(9-12)26-11-25-16)14-10-13(21(23)24)4-5-15(14)20-7-1-2-8-20/h3-6,9-10H,1-2,7-8,11H2,(H,19,22). The summed E-state index contributed by atoms with van der Waals surface area (Å²) in [5, 5.41) is 13.9. The van der Waals surface area contributed by atoms with Crippen molar-refractivity contribution in [2.24, 2.45) is 0 Å². The molecule has 8 nitrogen and oxygen atoms in total. The van der Waals surface area contributed by atoms with Gasteiger partial charge in [-0.1, -0.05) is 0 Å². The first-order valence-electron chi connectivity index (χ1n) is 8.36. The number of nitrogens with one attached hydrogen (secondary N) is 1. The van der Waals surface area contributed by atoms with E-state index in [1.807, 2.05) is 0 Å². The van der Waals surface area contributed by atoms with E-state index in [4.69, 9.17) is 9.47 Å². The summed E-state index contributed by atoms with van der Waals surface area (Å²) in [5.41, 5.74) is 1.44. The van der Waals surface area contributed by atoms with E-state index in [0.717, 1.165) is 25.9 Å². The number of nitrogens with zero attached hydrogens (tertiary/aromatic N) is 2. The number of benzene rings is 2. The molecular formula is C18H17N3O5. The summed E-state index contributed by atoms with van der Waals surface area (Å²) in [4.78, 5) is 25.5. The summed E-state index contributed by atoms with van der Waals surface area (Å²) in [6.45, 7) is 1.82. The van der Waals surface area contributed by atoms with Crippen molar-refractivity contribution >= 4 is 23.0 Å². The third-order valence-corrected chi connectivity index (χ3v) is 4.51. The van der Waals surface area contributed by atoms with Crippen LogP contribution in [0.5, 0.6) is 11.5 Å². The summed E-state index contributed by atoms with van der Waals surface area (Å²) in [6, 6.07) is 9.51. The maximum absolute atomic E-state index is 12.8. The van der Waals surface area contributed by atoms with Crippen LogP contribution in [0.4, 0.5) is 17.1 Å². The lowest BCUT2D eigenvalue weighted by Gasteiger charge is -2.21. The number of non-ortho nitro benzene ring substituents is 1. The lowest BCUT2D eigenvalue weighted by atomic mass is 10.1. The fourth-order valence-corrected chi connectivity index (χ4v) is 3.23. The Kier molecular flexibility index (Phi) is 4.08. The average Bonchev–Trinajstić information content (AvgIpc) is 3.32. The summed E-state index contributed by atoms with van der Waals surface area (Å²) >= 11 is 0. The average molecular weight is 355 g/mol. The molecule has 134 valence electrons. The number of hydrogen-bond acceptors (Lipinski definition) is 6. The largest absolute Gasteiger partial charge is 0.454 e. The highest BCUT2D eigenvalue weighted by Crippen LogP contribution is 2.35. The smallest absolute Gasteiger partial charge is 0.270 e. The van der Waals surface area contributed by atoms with Crippen LogP contribution < -0.4 is 19.7 Å². The Labute approximate surface area is 149 Å². The van der Waals surface area contributed by atoms with Crippen LogP contribution in [-0.4, -0.2) is 30.7 Å². The van der Waals surface area contributed by atoms with Gasteiger partial charge in [-0.2, -0.15) is 0 Å². The van der Waals surface area contributed by atoms with Crippen molar-refractivity contribution in [3.8, 4) is 11.5 Å². The summed E-state index contributed by atoms with van der Waals surface area (Å²) in [5.74, 6) is 0.784. The van der Waals surface area contributed by atoms with Crippen LogP contribution in [0.25, 0.3) is 0 Å². The van der Waals surface area contributed by atoms with Crippen molar-refractivity contribution in [3.05, 3.63) is 52.1 Å². The van der Waals surface area contributed by atoms with Gasteiger partial charge >= 0.3 is 0 Å². The van der Waals surface area contributed by atoms with E-state index in [1.54, 1.807) is 24.3 Å². The van der Waals surface area contributed by atoms with E-state index in [0.29, 0.717) is 28.4 Å². The number of carbonyl (C=O) groups is 1. The van der Waals surface area contributed by atoms with Crippen LogP contribution >= 0.6 is 0 Å². The van der Waals surface area contributed by atoms with Gasteiger partial charge in [0.25, 0.3) is 11.6 Å². The van der Waals surface area contributed by atoms with Gasteiger partial charge < -0.3 is 19.7 Å². The Hall–Kier alpha value is -3.29. The molecule has 2 aromatic carbocycles. The topological polar surface area (TPSA) is 93.9 Å². The second-order valence-corrected chi connectivity index (χ2v) is 6.17. The number of hydrogen-bond donors (Lipinski definition) is 1. The molecule has 26 heavy (non-hydrogen) atoms. The van der Waals surface area contributed by atoms with Crippen LogP contribution in [0.3, 0.4) is 0 Å². The molecule has 1 amide bonds. The Morgan fingerprint density at radius 3 is 2.62 bits per heavy atom. The molecule has 0 bridgehead atoms. The molecule has 2 aliphatic heterocycles. The van der Waals surface area contributed by atoms with Crippen molar-refractivity contribution in [2.45, 2.75) is 12.8 Å². The fraction of sp³-hybridized carbons (Fsp3) is 0.278. The van der Waals surface area contributed by atoms with Crippen LogP contribution in [-0.2, 0) is 0 Å². The van der Waals surface area contributed by atoms with Crippen LogP contribution in [0.2, 0.25) is 0 Å². The Balaban J connectivity index is 1.65. The van der Waals surface area contributed by atoms with Gasteiger partial charge in [-0.05, 0) is 31.0 Å². The number of rotatable bonds is 4. The second-order valence-electron chi connectivity index (χ2n) is 6.17. The highest BCUT2D eigenvalue weighted by molar-refractivity contribution is 6.08. The van der Waals surface area contributed by atoms with Gasteiger partial charge in [0, 0.05) is 37.0 Å².